The number of para-hydroxylation sites is 1. The van der Waals surface area contributed by atoms with Crippen LogP contribution >= 0.6 is 0 Å². The van der Waals surface area contributed by atoms with Gasteiger partial charge in [-0.25, -0.2) is 9.07 Å². The molecule has 0 N–H and O–H groups in total. The summed E-state index contributed by atoms with van der Waals surface area (Å²) in [5.74, 6) is 1.27. The highest BCUT2D eigenvalue weighted by atomic mass is 19.1. The molecular weight excluding hydrogens is 457 g/mol. The number of amides is 1. The van der Waals surface area contributed by atoms with E-state index in [1.807, 2.05) is 60.4 Å². The SMILES string of the molecule is CCc1nn(-c2ccccc2)c(Oc2ccc(F)cc2)c1CN(C(=O)c1cccc(OC)c1)C1CC1. The lowest BCUT2D eigenvalue weighted by Gasteiger charge is -2.23. The van der Waals surface area contributed by atoms with Crippen molar-refractivity contribution in [2.45, 2.75) is 38.8 Å². The van der Waals surface area contributed by atoms with Gasteiger partial charge in [-0.05, 0) is 73.9 Å². The largest absolute Gasteiger partial charge is 0.497 e. The molecule has 7 heteroatoms. The molecule has 0 atom stereocenters. The quantitative estimate of drug-likeness (QED) is 0.284. The number of rotatable bonds is 9. The number of aryl methyl sites for hydroxylation is 1. The van der Waals surface area contributed by atoms with E-state index in [-0.39, 0.29) is 17.8 Å². The summed E-state index contributed by atoms with van der Waals surface area (Å²) < 4.78 is 27.0. The molecule has 1 amide bonds. The Labute approximate surface area is 209 Å². The maximum atomic E-state index is 13.6. The van der Waals surface area contributed by atoms with Gasteiger partial charge in [0.25, 0.3) is 5.91 Å². The van der Waals surface area contributed by atoms with Gasteiger partial charge in [-0.1, -0.05) is 31.2 Å². The Morgan fingerprint density at radius 1 is 1.03 bits per heavy atom. The number of aromatic nitrogens is 2. The summed E-state index contributed by atoms with van der Waals surface area (Å²) in [7, 11) is 1.59. The Hall–Kier alpha value is -4.13. The van der Waals surface area contributed by atoms with E-state index >= 15 is 0 Å². The van der Waals surface area contributed by atoms with Gasteiger partial charge in [0, 0.05) is 11.6 Å². The van der Waals surface area contributed by atoms with Crippen LogP contribution in [0.15, 0.2) is 78.9 Å². The summed E-state index contributed by atoms with van der Waals surface area (Å²) >= 11 is 0. The Morgan fingerprint density at radius 2 is 1.78 bits per heavy atom. The first-order valence-corrected chi connectivity index (χ1v) is 12.1. The molecule has 1 aliphatic carbocycles. The standard InChI is InChI=1S/C29H28FN3O3/c1-3-27-26(19-32(22-14-15-22)28(34)20-8-7-11-25(18-20)35-2)29(36-24-16-12-21(30)13-17-24)33(31-27)23-9-5-4-6-10-23/h4-13,16-18,22H,3,14-15,19H2,1-2H3. The van der Waals surface area contributed by atoms with Crippen molar-refractivity contribution in [3.05, 3.63) is 102 Å². The minimum Gasteiger partial charge on any atom is -0.497 e. The second-order valence-electron chi connectivity index (χ2n) is 8.78. The van der Waals surface area contributed by atoms with Crippen LogP contribution in [0.4, 0.5) is 4.39 Å². The van der Waals surface area contributed by atoms with E-state index in [4.69, 9.17) is 14.6 Å². The molecule has 3 aromatic carbocycles. The van der Waals surface area contributed by atoms with Crippen LogP contribution in [-0.4, -0.2) is 33.7 Å². The fourth-order valence-electron chi connectivity index (χ4n) is 4.23. The summed E-state index contributed by atoms with van der Waals surface area (Å²) in [6.45, 7) is 2.39. The molecule has 1 aliphatic rings. The summed E-state index contributed by atoms with van der Waals surface area (Å²) in [6.07, 6.45) is 2.58. The average Bonchev–Trinajstić information content (AvgIpc) is 3.71. The maximum absolute atomic E-state index is 13.6. The molecule has 1 aromatic heterocycles. The molecule has 0 saturated heterocycles. The summed E-state index contributed by atoms with van der Waals surface area (Å²) in [5, 5.41) is 4.86. The van der Waals surface area contributed by atoms with Crippen molar-refractivity contribution in [1.29, 1.82) is 0 Å². The van der Waals surface area contributed by atoms with Crippen molar-refractivity contribution in [3.63, 3.8) is 0 Å². The molecule has 184 valence electrons. The number of hydrogen-bond donors (Lipinski definition) is 0. The molecule has 5 rings (SSSR count). The van der Waals surface area contributed by atoms with Gasteiger partial charge in [0.15, 0.2) is 0 Å². The van der Waals surface area contributed by atoms with Crippen molar-refractivity contribution in [2.24, 2.45) is 0 Å². The number of benzene rings is 3. The van der Waals surface area contributed by atoms with E-state index in [0.29, 0.717) is 35.9 Å². The van der Waals surface area contributed by atoms with Crippen LogP contribution in [0.3, 0.4) is 0 Å². The highest BCUT2D eigenvalue weighted by Crippen LogP contribution is 2.36. The Kier molecular flexibility index (Phi) is 6.71. The van der Waals surface area contributed by atoms with Gasteiger partial charge in [0.2, 0.25) is 5.88 Å². The Balaban J connectivity index is 1.56. The predicted octanol–water partition coefficient (Wildman–Crippen LogP) is 6.18. The number of hydrogen-bond acceptors (Lipinski definition) is 4. The first-order valence-electron chi connectivity index (χ1n) is 12.1. The minimum absolute atomic E-state index is 0.0568. The molecule has 1 fully saturated rings. The zero-order valence-corrected chi connectivity index (χ0v) is 20.4. The zero-order chi connectivity index (χ0) is 25.1. The highest BCUT2D eigenvalue weighted by molar-refractivity contribution is 5.95. The number of methoxy groups -OCH3 is 1. The second-order valence-corrected chi connectivity index (χ2v) is 8.78. The van der Waals surface area contributed by atoms with Gasteiger partial charge in [-0.3, -0.25) is 4.79 Å². The van der Waals surface area contributed by atoms with E-state index in [9.17, 15) is 9.18 Å². The van der Waals surface area contributed by atoms with Crippen molar-refractivity contribution >= 4 is 5.91 Å². The summed E-state index contributed by atoms with van der Waals surface area (Å²) in [6, 6.07) is 23.0. The molecule has 0 unspecified atom stereocenters. The van der Waals surface area contributed by atoms with Gasteiger partial charge >= 0.3 is 0 Å². The molecule has 0 aliphatic heterocycles. The van der Waals surface area contributed by atoms with E-state index in [2.05, 4.69) is 0 Å². The van der Waals surface area contributed by atoms with E-state index < -0.39 is 0 Å². The average molecular weight is 486 g/mol. The number of nitrogens with zero attached hydrogens (tertiary/aromatic N) is 3. The summed E-state index contributed by atoms with van der Waals surface area (Å²) in [4.78, 5) is 15.5. The fourth-order valence-corrected chi connectivity index (χ4v) is 4.23. The van der Waals surface area contributed by atoms with Gasteiger partial charge in [0.05, 0.1) is 30.6 Å². The van der Waals surface area contributed by atoms with Crippen molar-refractivity contribution in [1.82, 2.24) is 14.7 Å². The zero-order valence-electron chi connectivity index (χ0n) is 20.4. The number of ether oxygens (including phenoxy) is 2. The molecule has 4 aromatic rings. The lowest BCUT2D eigenvalue weighted by Crippen LogP contribution is -2.33. The topological polar surface area (TPSA) is 56.6 Å². The van der Waals surface area contributed by atoms with Crippen molar-refractivity contribution in [3.8, 4) is 23.1 Å². The molecule has 1 saturated carbocycles. The molecule has 6 nitrogen and oxygen atoms in total. The fraction of sp³-hybridized carbons (Fsp3) is 0.241. The van der Waals surface area contributed by atoms with Crippen molar-refractivity contribution < 1.29 is 18.7 Å². The van der Waals surface area contributed by atoms with Gasteiger partial charge in [0.1, 0.15) is 17.3 Å². The van der Waals surface area contributed by atoms with Crippen LogP contribution in [0.25, 0.3) is 5.69 Å². The van der Waals surface area contributed by atoms with E-state index in [1.54, 1.807) is 30.0 Å². The summed E-state index contributed by atoms with van der Waals surface area (Å²) in [5.41, 5.74) is 3.11. The third-order valence-electron chi connectivity index (χ3n) is 6.28. The van der Waals surface area contributed by atoms with E-state index in [0.717, 1.165) is 29.8 Å². The molecule has 36 heavy (non-hydrogen) atoms. The third kappa shape index (κ3) is 4.96. The second kappa shape index (κ2) is 10.2. The number of halogens is 1. The molecule has 1 heterocycles. The van der Waals surface area contributed by atoms with E-state index in [1.165, 1.54) is 12.1 Å². The van der Waals surface area contributed by atoms with Crippen LogP contribution < -0.4 is 9.47 Å². The normalized spacial score (nSPS) is 12.9. The van der Waals surface area contributed by atoms with Crippen molar-refractivity contribution in [2.75, 3.05) is 7.11 Å². The molecule has 0 bridgehead atoms. The van der Waals surface area contributed by atoms with Crippen LogP contribution in [0, 0.1) is 5.82 Å². The predicted molar refractivity (Wildman–Crippen MR) is 135 cm³/mol. The Morgan fingerprint density at radius 3 is 2.44 bits per heavy atom. The molecular formula is C29H28FN3O3. The van der Waals surface area contributed by atoms with Gasteiger partial charge in [-0.2, -0.15) is 5.10 Å². The Bertz CT molecular complexity index is 1350. The number of carbonyl (C=O) groups is 1. The first kappa shape index (κ1) is 23.6. The van der Waals surface area contributed by atoms with Crippen LogP contribution in [0.5, 0.6) is 17.4 Å². The first-order chi connectivity index (χ1) is 17.6. The minimum atomic E-state index is -0.336. The lowest BCUT2D eigenvalue weighted by molar-refractivity contribution is 0.0728. The molecule has 0 spiro atoms. The maximum Gasteiger partial charge on any atom is 0.254 e. The third-order valence-corrected chi connectivity index (χ3v) is 6.28. The van der Waals surface area contributed by atoms with Crippen LogP contribution in [0.2, 0.25) is 0 Å². The number of carbonyl (C=O) groups excluding carboxylic acids is 1. The van der Waals surface area contributed by atoms with Crippen LogP contribution in [0.1, 0.15) is 41.4 Å². The van der Waals surface area contributed by atoms with Gasteiger partial charge < -0.3 is 14.4 Å². The van der Waals surface area contributed by atoms with Crippen LogP contribution in [-0.2, 0) is 13.0 Å². The smallest absolute Gasteiger partial charge is 0.254 e. The lowest BCUT2D eigenvalue weighted by atomic mass is 10.1. The monoisotopic (exact) mass is 485 g/mol. The highest BCUT2D eigenvalue weighted by Gasteiger charge is 2.35. The molecule has 0 radical (unpaired) electrons. The van der Waals surface area contributed by atoms with Gasteiger partial charge in [-0.15, -0.1) is 0 Å².